The molecule has 1 aliphatic heterocycles. The smallest absolute Gasteiger partial charge is 0.307 e. The van der Waals surface area contributed by atoms with Crippen LogP contribution in [0.1, 0.15) is 61.0 Å². The third-order valence-corrected chi connectivity index (χ3v) is 7.66. The molecule has 164 valence electrons. The maximum Gasteiger partial charge on any atom is 0.307 e. The molecule has 1 aromatic carbocycles. The molecule has 8 heteroatoms. The van der Waals surface area contributed by atoms with E-state index >= 15 is 0 Å². The van der Waals surface area contributed by atoms with Gasteiger partial charge >= 0.3 is 5.97 Å². The summed E-state index contributed by atoms with van der Waals surface area (Å²) in [5.41, 5.74) is 3.09. The van der Waals surface area contributed by atoms with Gasteiger partial charge in [0, 0.05) is 24.6 Å². The van der Waals surface area contributed by atoms with Crippen molar-refractivity contribution in [3.05, 3.63) is 34.9 Å². The van der Waals surface area contributed by atoms with Crippen molar-refractivity contribution in [1.29, 1.82) is 0 Å². The van der Waals surface area contributed by atoms with Gasteiger partial charge in [0.25, 0.3) is 5.91 Å². The van der Waals surface area contributed by atoms with Gasteiger partial charge in [-0.05, 0) is 56.7 Å². The van der Waals surface area contributed by atoms with Crippen LogP contribution in [0.2, 0.25) is 0 Å². The number of Topliss-reactive ketones (excluding diaryl/α,β-unsaturated/α-hetero) is 1. The quantitative estimate of drug-likeness (QED) is 0.458. The first kappa shape index (κ1) is 22.5. The molecule has 2 atom stereocenters. The van der Waals surface area contributed by atoms with E-state index in [9.17, 15) is 22.8 Å². The lowest BCUT2D eigenvalue weighted by Crippen LogP contribution is -2.46. The van der Waals surface area contributed by atoms with Crippen LogP contribution in [0.4, 0.5) is 0 Å². The fraction of sp³-hybridized carbons (Fsp3) is 0.591. The number of nitrogens with zero attached hydrogens (tertiary/aromatic N) is 1. The van der Waals surface area contributed by atoms with Crippen LogP contribution in [-0.4, -0.2) is 61.2 Å². The number of amides is 1. The van der Waals surface area contributed by atoms with E-state index in [-0.39, 0.29) is 36.2 Å². The summed E-state index contributed by atoms with van der Waals surface area (Å²) in [5.74, 6) is -1.12. The summed E-state index contributed by atoms with van der Waals surface area (Å²) < 4.78 is 28.6. The second kappa shape index (κ2) is 9.29. The normalized spacial score (nSPS) is 20.4. The Balaban J connectivity index is 1.50. The Hall–Kier alpha value is -2.22. The minimum absolute atomic E-state index is 0.0247. The second-order valence-electron chi connectivity index (χ2n) is 8.07. The Kier molecular flexibility index (Phi) is 6.95. The second-order valence-corrected chi connectivity index (χ2v) is 10.3. The van der Waals surface area contributed by atoms with Crippen molar-refractivity contribution in [2.45, 2.75) is 64.5 Å². The Morgan fingerprint density at radius 3 is 2.57 bits per heavy atom. The zero-order valence-corrected chi connectivity index (χ0v) is 18.4. The number of aryl methyl sites for hydroxylation is 2. The van der Waals surface area contributed by atoms with Gasteiger partial charge in [0.2, 0.25) is 0 Å². The van der Waals surface area contributed by atoms with Gasteiger partial charge < -0.3 is 9.64 Å². The third-order valence-electron chi connectivity index (χ3n) is 5.91. The predicted molar refractivity (Wildman–Crippen MR) is 112 cm³/mol. The third kappa shape index (κ3) is 5.28. The number of hydrogen-bond donors (Lipinski definition) is 0. The van der Waals surface area contributed by atoms with E-state index in [1.165, 1.54) is 23.0 Å². The fourth-order valence-electron chi connectivity index (χ4n) is 4.26. The number of carbonyl (C=O) groups is 3. The van der Waals surface area contributed by atoms with E-state index in [1.54, 1.807) is 13.0 Å². The Morgan fingerprint density at radius 1 is 1.17 bits per heavy atom. The highest BCUT2D eigenvalue weighted by Crippen LogP contribution is 2.24. The number of benzene rings is 1. The minimum Gasteiger partial charge on any atom is -0.453 e. The van der Waals surface area contributed by atoms with Crippen molar-refractivity contribution in [3.8, 4) is 0 Å². The average Bonchev–Trinajstić information content (AvgIpc) is 3.31. The van der Waals surface area contributed by atoms with Crippen molar-refractivity contribution in [2.24, 2.45) is 0 Å². The molecule has 1 fully saturated rings. The van der Waals surface area contributed by atoms with Crippen LogP contribution in [0.15, 0.2) is 18.2 Å². The molecule has 0 bridgehead atoms. The largest absolute Gasteiger partial charge is 0.453 e. The van der Waals surface area contributed by atoms with Crippen LogP contribution < -0.4 is 0 Å². The molecule has 0 spiro atoms. The summed E-state index contributed by atoms with van der Waals surface area (Å²) in [6.07, 6.45) is 2.44. The molecule has 2 aliphatic rings. The Labute approximate surface area is 177 Å². The highest BCUT2D eigenvalue weighted by atomic mass is 32.2. The number of ketones is 1. The SMILES string of the molecule is CCN(C(=O)C(C)OC(=O)CCC(=O)c1ccc2c(c1)CCC2)C1CCS(=O)(=O)C1. The number of hydrogen-bond acceptors (Lipinski definition) is 6. The average molecular weight is 436 g/mol. The van der Waals surface area contributed by atoms with Crippen LogP contribution in [0.25, 0.3) is 0 Å². The van der Waals surface area contributed by atoms with Crippen molar-refractivity contribution in [3.63, 3.8) is 0 Å². The van der Waals surface area contributed by atoms with E-state index in [0.29, 0.717) is 18.5 Å². The van der Waals surface area contributed by atoms with Crippen molar-refractivity contribution < 1.29 is 27.5 Å². The Bertz CT molecular complexity index is 939. The molecule has 0 saturated carbocycles. The summed E-state index contributed by atoms with van der Waals surface area (Å²) in [4.78, 5) is 38.7. The molecule has 0 N–H and O–H groups in total. The van der Waals surface area contributed by atoms with Gasteiger partial charge in [0.15, 0.2) is 21.7 Å². The number of fused-ring (bicyclic) bond motifs is 1. The molecule has 0 radical (unpaired) electrons. The molecular weight excluding hydrogens is 406 g/mol. The summed E-state index contributed by atoms with van der Waals surface area (Å²) in [5, 5.41) is 0. The van der Waals surface area contributed by atoms with Gasteiger partial charge in [0.05, 0.1) is 17.9 Å². The van der Waals surface area contributed by atoms with Crippen LogP contribution in [0.5, 0.6) is 0 Å². The van der Waals surface area contributed by atoms with Crippen LogP contribution in [0, 0.1) is 0 Å². The van der Waals surface area contributed by atoms with Crippen molar-refractivity contribution in [1.82, 2.24) is 4.90 Å². The van der Waals surface area contributed by atoms with Gasteiger partial charge in [-0.25, -0.2) is 8.42 Å². The topological polar surface area (TPSA) is 97.8 Å². The fourth-order valence-corrected chi connectivity index (χ4v) is 5.99. The molecule has 1 saturated heterocycles. The zero-order valence-electron chi connectivity index (χ0n) is 17.6. The van der Waals surface area contributed by atoms with E-state index in [4.69, 9.17) is 4.74 Å². The molecule has 1 aromatic rings. The summed E-state index contributed by atoms with van der Waals surface area (Å²) in [7, 11) is -3.12. The molecular formula is C22H29NO6S. The summed E-state index contributed by atoms with van der Waals surface area (Å²) in [6.45, 7) is 3.60. The molecule has 7 nitrogen and oxygen atoms in total. The highest BCUT2D eigenvalue weighted by Gasteiger charge is 2.36. The lowest BCUT2D eigenvalue weighted by molar-refractivity contribution is -0.159. The summed E-state index contributed by atoms with van der Waals surface area (Å²) >= 11 is 0. The maximum absolute atomic E-state index is 12.7. The minimum atomic E-state index is -3.12. The number of sulfone groups is 1. The van der Waals surface area contributed by atoms with Gasteiger partial charge in [-0.2, -0.15) is 0 Å². The first-order chi connectivity index (χ1) is 14.2. The van der Waals surface area contributed by atoms with Crippen LogP contribution in [-0.2, 0) is 37.0 Å². The number of rotatable bonds is 8. The first-order valence-corrected chi connectivity index (χ1v) is 12.4. The van der Waals surface area contributed by atoms with Gasteiger partial charge in [-0.3, -0.25) is 14.4 Å². The predicted octanol–water partition coefficient (Wildman–Crippen LogP) is 2.11. The lowest BCUT2D eigenvalue weighted by Gasteiger charge is -2.29. The molecule has 2 unspecified atom stereocenters. The number of ether oxygens (including phenoxy) is 1. The van der Waals surface area contributed by atoms with Crippen molar-refractivity contribution in [2.75, 3.05) is 18.1 Å². The van der Waals surface area contributed by atoms with E-state index in [2.05, 4.69) is 0 Å². The van der Waals surface area contributed by atoms with Crippen molar-refractivity contribution >= 4 is 27.5 Å². The van der Waals surface area contributed by atoms with Crippen LogP contribution >= 0.6 is 0 Å². The Morgan fingerprint density at radius 2 is 1.90 bits per heavy atom. The maximum atomic E-state index is 12.7. The molecule has 1 heterocycles. The van der Waals surface area contributed by atoms with E-state index in [0.717, 1.165) is 19.3 Å². The standard InChI is InChI=1S/C22H29NO6S/c1-3-23(19-11-12-30(27,28)14-19)22(26)15(2)29-21(25)10-9-20(24)18-8-7-16-5-4-6-17(16)13-18/h7-8,13,15,19H,3-6,9-12,14H2,1-2H3. The highest BCUT2D eigenvalue weighted by molar-refractivity contribution is 7.91. The lowest BCUT2D eigenvalue weighted by atomic mass is 10.0. The molecule has 1 amide bonds. The van der Waals surface area contributed by atoms with Gasteiger partial charge in [0.1, 0.15) is 0 Å². The number of esters is 1. The van der Waals surface area contributed by atoms with E-state index in [1.807, 2.05) is 12.1 Å². The molecule has 30 heavy (non-hydrogen) atoms. The van der Waals surface area contributed by atoms with E-state index < -0.39 is 27.8 Å². The number of carbonyl (C=O) groups excluding carboxylic acids is 3. The summed E-state index contributed by atoms with van der Waals surface area (Å²) in [6, 6.07) is 5.32. The monoisotopic (exact) mass is 435 g/mol. The molecule has 0 aromatic heterocycles. The zero-order chi connectivity index (χ0) is 21.9. The molecule has 1 aliphatic carbocycles. The van der Waals surface area contributed by atoms with Gasteiger partial charge in [-0.1, -0.05) is 12.1 Å². The van der Waals surface area contributed by atoms with Crippen LogP contribution in [0.3, 0.4) is 0 Å². The van der Waals surface area contributed by atoms with Gasteiger partial charge in [-0.15, -0.1) is 0 Å². The first-order valence-electron chi connectivity index (χ1n) is 10.6. The number of likely N-dealkylation sites (N-methyl/N-ethyl adjacent to an activating group) is 1. The molecule has 3 rings (SSSR count).